The Balaban J connectivity index is 0.00000484. The molecule has 0 fully saturated rings. The summed E-state index contributed by atoms with van der Waals surface area (Å²) in [6, 6.07) is 3.90. The summed E-state index contributed by atoms with van der Waals surface area (Å²) in [6.45, 7) is 3.43. The Labute approximate surface area is 155 Å². The third-order valence-corrected chi connectivity index (χ3v) is 2.95. The number of aromatic nitrogens is 1. The van der Waals surface area contributed by atoms with Gasteiger partial charge in [0.15, 0.2) is 5.96 Å². The Kier molecular flexibility index (Phi) is 10.3. The van der Waals surface area contributed by atoms with E-state index in [0.717, 1.165) is 17.9 Å². The van der Waals surface area contributed by atoms with Crippen molar-refractivity contribution in [2.24, 2.45) is 4.99 Å². The standard InChI is InChI=1S/C15H26N6O.HI/c1-6-16-15(19-11-13(22)20(2)3)18-10-12-8-7-9-17-14(12)21(4)5;/h7-9H,6,10-11H2,1-5H3,(H2,16,18,19);1H. The van der Waals surface area contributed by atoms with Gasteiger partial charge in [0.25, 0.3) is 0 Å². The Morgan fingerprint density at radius 1 is 1.26 bits per heavy atom. The zero-order valence-electron chi connectivity index (χ0n) is 14.5. The van der Waals surface area contributed by atoms with Crippen molar-refractivity contribution in [3.8, 4) is 0 Å². The molecule has 1 aromatic heterocycles. The number of nitrogens with zero attached hydrogens (tertiary/aromatic N) is 4. The van der Waals surface area contributed by atoms with Crippen molar-refractivity contribution in [2.45, 2.75) is 13.5 Å². The van der Waals surface area contributed by atoms with Gasteiger partial charge < -0.3 is 20.4 Å². The summed E-state index contributed by atoms with van der Waals surface area (Å²) in [5.74, 6) is 1.51. The summed E-state index contributed by atoms with van der Waals surface area (Å²) in [6.07, 6.45) is 1.77. The van der Waals surface area contributed by atoms with E-state index < -0.39 is 0 Å². The van der Waals surface area contributed by atoms with Gasteiger partial charge in [-0.2, -0.15) is 0 Å². The molecule has 0 aliphatic carbocycles. The molecule has 0 bridgehead atoms. The van der Waals surface area contributed by atoms with E-state index in [1.165, 1.54) is 0 Å². The molecule has 23 heavy (non-hydrogen) atoms. The Hall–Kier alpha value is -1.58. The predicted molar refractivity (Wildman–Crippen MR) is 105 cm³/mol. The molecule has 0 saturated heterocycles. The van der Waals surface area contributed by atoms with Crippen LogP contribution in [0, 0.1) is 0 Å². The van der Waals surface area contributed by atoms with Gasteiger partial charge in [0, 0.05) is 46.5 Å². The average molecular weight is 434 g/mol. The van der Waals surface area contributed by atoms with Crippen LogP contribution in [-0.2, 0) is 11.3 Å². The smallest absolute Gasteiger partial charge is 0.241 e. The number of amides is 1. The molecule has 0 aliphatic rings. The maximum Gasteiger partial charge on any atom is 0.241 e. The molecule has 1 rings (SSSR count). The van der Waals surface area contributed by atoms with Crippen molar-refractivity contribution in [3.05, 3.63) is 23.9 Å². The topological polar surface area (TPSA) is 72.9 Å². The van der Waals surface area contributed by atoms with Crippen molar-refractivity contribution in [1.29, 1.82) is 0 Å². The number of guanidine groups is 1. The number of pyridine rings is 1. The summed E-state index contributed by atoms with van der Waals surface area (Å²) in [7, 11) is 7.36. The minimum atomic E-state index is 0. The third kappa shape index (κ3) is 7.49. The van der Waals surface area contributed by atoms with Gasteiger partial charge in [0.1, 0.15) is 5.82 Å². The minimum Gasteiger partial charge on any atom is -0.362 e. The summed E-state index contributed by atoms with van der Waals surface area (Å²) in [5.41, 5.74) is 1.03. The van der Waals surface area contributed by atoms with Crippen LogP contribution in [-0.4, -0.2) is 63.0 Å². The molecule has 0 radical (unpaired) electrons. The van der Waals surface area contributed by atoms with Crippen LogP contribution in [0.1, 0.15) is 12.5 Å². The van der Waals surface area contributed by atoms with E-state index in [9.17, 15) is 4.79 Å². The molecule has 1 heterocycles. The van der Waals surface area contributed by atoms with Crippen LogP contribution >= 0.6 is 24.0 Å². The second-order valence-corrected chi connectivity index (χ2v) is 5.22. The molecule has 0 spiro atoms. The lowest BCUT2D eigenvalue weighted by Crippen LogP contribution is -2.42. The van der Waals surface area contributed by atoms with Gasteiger partial charge in [0.2, 0.25) is 5.91 Å². The zero-order chi connectivity index (χ0) is 16.5. The van der Waals surface area contributed by atoms with E-state index in [1.807, 2.05) is 38.1 Å². The lowest BCUT2D eigenvalue weighted by molar-refractivity contribution is -0.127. The highest BCUT2D eigenvalue weighted by Gasteiger charge is 2.07. The van der Waals surface area contributed by atoms with Crippen molar-refractivity contribution in [1.82, 2.24) is 20.5 Å². The number of hydrogen-bond donors (Lipinski definition) is 2. The second-order valence-electron chi connectivity index (χ2n) is 5.22. The molecule has 8 heteroatoms. The van der Waals surface area contributed by atoms with Gasteiger partial charge in [0.05, 0.1) is 13.1 Å². The minimum absolute atomic E-state index is 0. The fourth-order valence-electron chi connectivity index (χ4n) is 1.78. The number of likely N-dealkylation sites (N-methyl/N-ethyl adjacent to an activating group) is 1. The van der Waals surface area contributed by atoms with Crippen LogP contribution < -0.4 is 15.5 Å². The zero-order valence-corrected chi connectivity index (χ0v) is 16.8. The first-order chi connectivity index (χ1) is 10.5. The fraction of sp³-hybridized carbons (Fsp3) is 0.533. The van der Waals surface area contributed by atoms with Crippen molar-refractivity contribution in [3.63, 3.8) is 0 Å². The van der Waals surface area contributed by atoms with Gasteiger partial charge in [-0.05, 0) is 13.0 Å². The SMILES string of the molecule is CCNC(=NCc1cccnc1N(C)C)NCC(=O)N(C)C.I. The average Bonchev–Trinajstić information content (AvgIpc) is 2.49. The summed E-state index contributed by atoms with van der Waals surface area (Å²) in [5, 5.41) is 6.16. The van der Waals surface area contributed by atoms with Gasteiger partial charge >= 0.3 is 0 Å². The van der Waals surface area contributed by atoms with Crippen LogP contribution in [0.5, 0.6) is 0 Å². The number of hydrogen-bond acceptors (Lipinski definition) is 4. The number of rotatable bonds is 6. The maximum atomic E-state index is 11.6. The van der Waals surface area contributed by atoms with Gasteiger partial charge in [-0.1, -0.05) is 6.07 Å². The molecule has 0 saturated carbocycles. The summed E-state index contributed by atoms with van der Waals surface area (Å²) in [4.78, 5) is 24.0. The van der Waals surface area contributed by atoms with Crippen LogP contribution in [0.25, 0.3) is 0 Å². The molecule has 0 aliphatic heterocycles. The van der Waals surface area contributed by atoms with Crippen molar-refractivity contribution < 1.29 is 4.79 Å². The molecular formula is C15H27IN6O. The monoisotopic (exact) mass is 434 g/mol. The first-order valence-corrected chi connectivity index (χ1v) is 7.29. The molecule has 7 nitrogen and oxygen atoms in total. The molecular weight excluding hydrogens is 407 g/mol. The van der Waals surface area contributed by atoms with E-state index in [0.29, 0.717) is 12.5 Å². The summed E-state index contributed by atoms with van der Waals surface area (Å²) < 4.78 is 0. The highest BCUT2D eigenvalue weighted by Crippen LogP contribution is 2.15. The highest BCUT2D eigenvalue weighted by atomic mass is 127. The molecule has 0 atom stereocenters. The van der Waals surface area contributed by atoms with Crippen LogP contribution in [0.3, 0.4) is 0 Å². The van der Waals surface area contributed by atoms with Crippen LogP contribution in [0.2, 0.25) is 0 Å². The number of nitrogens with one attached hydrogen (secondary N) is 2. The molecule has 2 N–H and O–H groups in total. The van der Waals surface area contributed by atoms with E-state index in [-0.39, 0.29) is 36.4 Å². The molecule has 130 valence electrons. The van der Waals surface area contributed by atoms with Gasteiger partial charge in [-0.15, -0.1) is 24.0 Å². The second kappa shape index (κ2) is 11.0. The Bertz CT molecular complexity index is 518. The van der Waals surface area contributed by atoms with E-state index >= 15 is 0 Å². The Morgan fingerprint density at radius 2 is 1.96 bits per heavy atom. The van der Waals surface area contributed by atoms with E-state index in [4.69, 9.17) is 0 Å². The van der Waals surface area contributed by atoms with Crippen LogP contribution in [0.4, 0.5) is 5.82 Å². The maximum absolute atomic E-state index is 11.6. The molecule has 1 amide bonds. The quantitative estimate of drug-likeness (QED) is 0.396. The number of carbonyl (C=O) groups is 1. The number of aliphatic imine (C=N–C) groups is 1. The largest absolute Gasteiger partial charge is 0.362 e. The molecule has 0 aromatic carbocycles. The van der Waals surface area contributed by atoms with Gasteiger partial charge in [-0.25, -0.2) is 9.98 Å². The lowest BCUT2D eigenvalue weighted by Gasteiger charge is -2.16. The number of carbonyl (C=O) groups excluding carboxylic acids is 1. The first kappa shape index (κ1) is 21.4. The van der Waals surface area contributed by atoms with E-state index in [2.05, 4.69) is 20.6 Å². The molecule has 0 unspecified atom stereocenters. The third-order valence-electron chi connectivity index (χ3n) is 2.95. The first-order valence-electron chi connectivity index (χ1n) is 7.29. The fourth-order valence-corrected chi connectivity index (χ4v) is 1.78. The number of halogens is 1. The van der Waals surface area contributed by atoms with Gasteiger partial charge in [-0.3, -0.25) is 4.79 Å². The van der Waals surface area contributed by atoms with Crippen molar-refractivity contribution in [2.75, 3.05) is 46.2 Å². The lowest BCUT2D eigenvalue weighted by atomic mass is 10.2. The highest BCUT2D eigenvalue weighted by molar-refractivity contribution is 14.0. The van der Waals surface area contributed by atoms with Crippen LogP contribution in [0.15, 0.2) is 23.3 Å². The normalized spacial score (nSPS) is 10.6. The molecule has 1 aromatic rings. The summed E-state index contributed by atoms with van der Waals surface area (Å²) >= 11 is 0. The van der Waals surface area contributed by atoms with Crippen molar-refractivity contribution >= 4 is 41.7 Å². The number of anilines is 1. The predicted octanol–water partition coefficient (Wildman–Crippen LogP) is 0.909. The van der Waals surface area contributed by atoms with E-state index in [1.54, 1.807) is 25.2 Å². The Morgan fingerprint density at radius 3 is 2.52 bits per heavy atom.